The Morgan fingerprint density at radius 3 is 2.35 bits per heavy atom. The average Bonchev–Trinajstić information content (AvgIpc) is 2.84. The molecule has 0 bridgehead atoms. The van der Waals surface area contributed by atoms with Crippen LogP contribution in [0, 0.1) is 5.82 Å². The van der Waals surface area contributed by atoms with E-state index >= 15 is 4.39 Å². The summed E-state index contributed by atoms with van der Waals surface area (Å²) in [5, 5.41) is 1.23. The quantitative estimate of drug-likeness (QED) is 0.258. The lowest BCUT2D eigenvalue weighted by Crippen LogP contribution is -2.33. The van der Waals surface area contributed by atoms with Gasteiger partial charge < -0.3 is 14.2 Å². The van der Waals surface area contributed by atoms with Crippen molar-refractivity contribution in [2.45, 2.75) is 51.2 Å². The molecule has 0 spiro atoms. The van der Waals surface area contributed by atoms with E-state index in [1.54, 1.807) is 18.2 Å². The van der Waals surface area contributed by atoms with E-state index in [0.717, 1.165) is 41.5 Å². The normalized spacial score (nSPS) is 19.0. The molecule has 0 unspecified atom stereocenters. The maximum Gasteiger partial charge on any atom is 0.416 e. The summed E-state index contributed by atoms with van der Waals surface area (Å²) < 4.78 is 70.7. The van der Waals surface area contributed by atoms with Gasteiger partial charge >= 0.3 is 6.18 Å². The van der Waals surface area contributed by atoms with E-state index in [9.17, 15) is 13.2 Å². The van der Waals surface area contributed by atoms with E-state index in [4.69, 9.17) is 14.2 Å². The number of benzene rings is 3. The molecule has 0 N–H and O–H groups in total. The predicted molar refractivity (Wildman–Crippen MR) is 122 cm³/mol. The Kier molecular flexibility index (Phi) is 7.86. The van der Waals surface area contributed by atoms with Gasteiger partial charge in [-0.05, 0) is 54.0 Å². The second-order valence-corrected chi connectivity index (χ2v) is 8.56. The molecule has 3 aromatic rings. The van der Waals surface area contributed by atoms with Gasteiger partial charge in [-0.15, -0.1) is 0 Å². The third-order valence-corrected chi connectivity index (χ3v) is 6.01. The fraction of sp³-hybridized carbons (Fsp3) is 0.407. The van der Waals surface area contributed by atoms with Gasteiger partial charge in [-0.3, -0.25) is 0 Å². The predicted octanol–water partition coefficient (Wildman–Crippen LogP) is 7.01. The van der Waals surface area contributed by atoms with Crippen molar-refractivity contribution in [2.24, 2.45) is 0 Å². The molecule has 34 heavy (non-hydrogen) atoms. The average molecular weight is 477 g/mol. The molecule has 0 amide bonds. The number of halogens is 4. The summed E-state index contributed by atoms with van der Waals surface area (Å²) in [6.45, 7) is 3.69. The number of ether oxygens (including phenoxy) is 3. The molecule has 0 saturated carbocycles. The van der Waals surface area contributed by atoms with Crippen LogP contribution >= 0.6 is 0 Å². The highest BCUT2D eigenvalue weighted by Crippen LogP contribution is 2.31. The molecule has 1 saturated heterocycles. The smallest absolute Gasteiger partial charge is 0.373 e. The van der Waals surface area contributed by atoms with Crippen molar-refractivity contribution in [3.05, 3.63) is 82.7 Å². The number of hydrogen-bond donors (Lipinski definition) is 0. The van der Waals surface area contributed by atoms with Crippen LogP contribution in [-0.4, -0.2) is 25.9 Å². The third-order valence-electron chi connectivity index (χ3n) is 6.01. The SMILES string of the molecule is CCCCOC1COC(c2ccc3c(F)c(CCc4ccc(C(F)(F)F)cc4)ccc3c2)OC1. The van der Waals surface area contributed by atoms with Gasteiger partial charge in [0, 0.05) is 17.6 Å². The zero-order chi connectivity index (χ0) is 24.1. The van der Waals surface area contributed by atoms with Crippen LogP contribution in [0.4, 0.5) is 17.6 Å². The molecule has 0 radical (unpaired) electrons. The van der Waals surface area contributed by atoms with Crippen molar-refractivity contribution in [3.8, 4) is 0 Å². The summed E-state index contributed by atoms with van der Waals surface area (Å²) in [4.78, 5) is 0. The summed E-state index contributed by atoms with van der Waals surface area (Å²) in [7, 11) is 0. The van der Waals surface area contributed by atoms with Crippen LogP contribution in [-0.2, 0) is 33.2 Å². The minimum Gasteiger partial charge on any atom is -0.373 e. The number of rotatable bonds is 8. The van der Waals surface area contributed by atoms with Crippen molar-refractivity contribution < 1.29 is 31.8 Å². The van der Waals surface area contributed by atoms with E-state index in [2.05, 4.69) is 6.92 Å². The van der Waals surface area contributed by atoms with Gasteiger partial charge in [0.15, 0.2) is 6.29 Å². The molecule has 4 rings (SSSR count). The number of unbranched alkanes of at least 4 members (excludes halogenated alkanes) is 1. The summed E-state index contributed by atoms with van der Waals surface area (Å²) in [6.07, 6.45) is -2.04. The maximum atomic E-state index is 15.1. The van der Waals surface area contributed by atoms with Gasteiger partial charge in [0.25, 0.3) is 0 Å². The number of hydrogen-bond acceptors (Lipinski definition) is 3. The van der Waals surface area contributed by atoms with Crippen molar-refractivity contribution >= 4 is 10.8 Å². The fourth-order valence-corrected chi connectivity index (χ4v) is 4.00. The first kappa shape index (κ1) is 24.6. The molecule has 182 valence electrons. The van der Waals surface area contributed by atoms with Crippen molar-refractivity contribution in [2.75, 3.05) is 19.8 Å². The maximum absolute atomic E-state index is 15.1. The Labute approximate surface area is 196 Å². The van der Waals surface area contributed by atoms with Gasteiger partial charge in [0.05, 0.1) is 18.8 Å². The topological polar surface area (TPSA) is 27.7 Å². The first-order valence-electron chi connectivity index (χ1n) is 11.6. The molecule has 3 nitrogen and oxygen atoms in total. The minimum absolute atomic E-state index is 0.0760. The van der Waals surface area contributed by atoms with Crippen molar-refractivity contribution in [3.63, 3.8) is 0 Å². The van der Waals surface area contributed by atoms with Crippen molar-refractivity contribution in [1.82, 2.24) is 0 Å². The second-order valence-electron chi connectivity index (χ2n) is 8.56. The van der Waals surface area contributed by atoms with Crippen LogP contribution in [0.2, 0.25) is 0 Å². The number of alkyl halides is 3. The molecule has 7 heteroatoms. The van der Waals surface area contributed by atoms with E-state index in [1.807, 2.05) is 12.1 Å². The van der Waals surface area contributed by atoms with E-state index in [-0.39, 0.29) is 11.9 Å². The molecule has 1 heterocycles. The Bertz CT molecular complexity index is 1090. The van der Waals surface area contributed by atoms with E-state index < -0.39 is 18.0 Å². The molecular weight excluding hydrogens is 448 g/mol. The van der Waals surface area contributed by atoms with Crippen LogP contribution < -0.4 is 0 Å². The Hall–Kier alpha value is -2.48. The van der Waals surface area contributed by atoms with Crippen LogP contribution in [0.3, 0.4) is 0 Å². The van der Waals surface area contributed by atoms with E-state index in [1.165, 1.54) is 12.1 Å². The lowest BCUT2D eigenvalue weighted by atomic mass is 9.98. The Morgan fingerprint density at radius 1 is 0.941 bits per heavy atom. The van der Waals surface area contributed by atoms with Gasteiger partial charge in [-0.2, -0.15) is 13.2 Å². The zero-order valence-electron chi connectivity index (χ0n) is 19.0. The second kappa shape index (κ2) is 10.8. The molecule has 3 aromatic carbocycles. The molecular formula is C27H28F4O3. The Balaban J connectivity index is 1.39. The Morgan fingerprint density at radius 2 is 1.68 bits per heavy atom. The molecule has 1 aliphatic rings. The molecule has 0 aromatic heterocycles. The lowest BCUT2D eigenvalue weighted by molar-refractivity contribution is -0.230. The highest BCUT2D eigenvalue weighted by Gasteiger charge is 2.30. The minimum atomic E-state index is -4.36. The highest BCUT2D eigenvalue weighted by atomic mass is 19.4. The van der Waals surface area contributed by atoms with Crippen LogP contribution in [0.5, 0.6) is 0 Å². The molecule has 0 atom stereocenters. The summed E-state index contributed by atoms with van der Waals surface area (Å²) in [6, 6.07) is 14.0. The van der Waals surface area contributed by atoms with Crippen molar-refractivity contribution in [1.29, 1.82) is 0 Å². The first-order chi connectivity index (χ1) is 16.3. The number of aryl methyl sites for hydroxylation is 2. The van der Waals surface area contributed by atoms with E-state index in [0.29, 0.717) is 43.6 Å². The van der Waals surface area contributed by atoms with Gasteiger partial charge in [0.1, 0.15) is 11.9 Å². The van der Waals surface area contributed by atoms with Gasteiger partial charge in [-0.1, -0.05) is 49.7 Å². The number of fused-ring (bicyclic) bond motifs is 1. The van der Waals surface area contributed by atoms with Crippen LogP contribution in [0.15, 0.2) is 54.6 Å². The summed E-state index contributed by atoms with van der Waals surface area (Å²) in [5.41, 5.74) is 1.38. The van der Waals surface area contributed by atoms with Gasteiger partial charge in [0.2, 0.25) is 0 Å². The third kappa shape index (κ3) is 5.95. The van der Waals surface area contributed by atoms with Crippen LogP contribution in [0.1, 0.15) is 48.3 Å². The standard InChI is InChI=1S/C27H28F4O3/c1-2-3-14-32-23-16-33-26(34-17-23)21-10-13-24-20(15-21)9-8-19(25(24)28)7-4-18-5-11-22(12-6-18)27(29,30)31/h5-6,8-13,15,23,26H,2-4,7,14,16-17H2,1H3. The van der Waals surface area contributed by atoms with Gasteiger partial charge in [-0.25, -0.2) is 4.39 Å². The first-order valence-corrected chi connectivity index (χ1v) is 11.6. The summed E-state index contributed by atoms with van der Waals surface area (Å²) >= 11 is 0. The summed E-state index contributed by atoms with van der Waals surface area (Å²) in [5.74, 6) is -0.314. The highest BCUT2D eigenvalue weighted by molar-refractivity contribution is 5.84. The molecule has 0 aliphatic carbocycles. The molecule has 1 fully saturated rings. The fourth-order valence-electron chi connectivity index (χ4n) is 4.00. The molecule has 1 aliphatic heterocycles. The lowest BCUT2D eigenvalue weighted by Gasteiger charge is -2.29. The zero-order valence-corrected chi connectivity index (χ0v) is 19.0. The van der Waals surface area contributed by atoms with Crippen LogP contribution in [0.25, 0.3) is 10.8 Å². The monoisotopic (exact) mass is 476 g/mol. The largest absolute Gasteiger partial charge is 0.416 e.